The van der Waals surface area contributed by atoms with Crippen molar-refractivity contribution in [1.29, 1.82) is 0 Å². The largest absolute Gasteiger partial charge is 0.324 e. The van der Waals surface area contributed by atoms with Crippen molar-refractivity contribution in [1.82, 2.24) is 14.8 Å². The van der Waals surface area contributed by atoms with Gasteiger partial charge in [-0.2, -0.15) is 5.10 Å². The molecule has 2 N–H and O–H groups in total. The maximum Gasteiger partial charge on any atom is 0.145 e. The topological polar surface area (TPSA) is 56.7 Å². The molecule has 0 aliphatic rings. The fraction of sp³-hybridized carbons (Fsp3) is 0.273. The molecule has 0 saturated carbocycles. The highest BCUT2D eigenvalue weighted by atomic mass is 15.3. The lowest BCUT2D eigenvalue weighted by Crippen LogP contribution is -2.08. The molecular formula is C11H14N4. The lowest BCUT2D eigenvalue weighted by atomic mass is 10.1. The normalized spacial score (nSPS) is 10.6. The molecule has 0 aliphatic carbocycles. The van der Waals surface area contributed by atoms with E-state index in [9.17, 15) is 0 Å². The number of rotatable bonds is 2. The Morgan fingerprint density at radius 1 is 1.20 bits per heavy atom. The highest BCUT2D eigenvalue weighted by Gasteiger charge is 2.05. The molecule has 1 aromatic carbocycles. The maximum atomic E-state index is 5.59. The van der Waals surface area contributed by atoms with Crippen molar-refractivity contribution in [2.75, 3.05) is 0 Å². The third-order valence-corrected chi connectivity index (χ3v) is 2.25. The summed E-state index contributed by atoms with van der Waals surface area (Å²) in [6.45, 7) is 4.53. The van der Waals surface area contributed by atoms with E-state index in [-0.39, 0.29) is 0 Å². The van der Waals surface area contributed by atoms with Crippen molar-refractivity contribution in [3.63, 3.8) is 0 Å². The van der Waals surface area contributed by atoms with Crippen LogP contribution in [0.4, 0.5) is 0 Å². The van der Waals surface area contributed by atoms with Gasteiger partial charge in [0.1, 0.15) is 12.2 Å². The van der Waals surface area contributed by atoms with Gasteiger partial charge in [-0.25, -0.2) is 9.67 Å². The van der Waals surface area contributed by atoms with E-state index in [0.29, 0.717) is 6.54 Å². The molecule has 0 amide bonds. The van der Waals surface area contributed by atoms with Crippen LogP contribution in [-0.4, -0.2) is 14.8 Å². The van der Waals surface area contributed by atoms with E-state index in [2.05, 4.69) is 42.1 Å². The minimum atomic E-state index is 0.396. The van der Waals surface area contributed by atoms with Crippen molar-refractivity contribution in [3.8, 4) is 5.69 Å². The summed E-state index contributed by atoms with van der Waals surface area (Å²) in [5.41, 5.74) is 9.03. The highest BCUT2D eigenvalue weighted by molar-refractivity contribution is 5.39. The summed E-state index contributed by atoms with van der Waals surface area (Å²) in [5, 5.41) is 4.17. The zero-order valence-corrected chi connectivity index (χ0v) is 8.94. The molecule has 0 bridgehead atoms. The first-order chi connectivity index (χ1) is 7.20. The van der Waals surface area contributed by atoms with Crippen LogP contribution in [0.5, 0.6) is 0 Å². The van der Waals surface area contributed by atoms with E-state index in [0.717, 1.165) is 11.5 Å². The number of nitrogens with zero attached hydrogens (tertiary/aromatic N) is 3. The molecule has 0 fully saturated rings. The van der Waals surface area contributed by atoms with Gasteiger partial charge in [-0.3, -0.25) is 0 Å². The summed E-state index contributed by atoms with van der Waals surface area (Å²) in [4.78, 5) is 4.10. The van der Waals surface area contributed by atoms with Gasteiger partial charge in [0, 0.05) is 0 Å². The monoisotopic (exact) mass is 202 g/mol. The smallest absolute Gasteiger partial charge is 0.145 e. The summed E-state index contributed by atoms with van der Waals surface area (Å²) in [5.74, 6) is 0.778. The van der Waals surface area contributed by atoms with Crippen molar-refractivity contribution in [2.45, 2.75) is 20.4 Å². The van der Waals surface area contributed by atoms with E-state index in [1.807, 2.05) is 0 Å². The predicted octanol–water partition coefficient (Wildman–Crippen LogP) is 1.34. The van der Waals surface area contributed by atoms with Crippen LogP contribution in [0, 0.1) is 13.8 Å². The molecule has 0 saturated heterocycles. The molecular weight excluding hydrogens is 188 g/mol. The molecule has 0 aliphatic heterocycles. The van der Waals surface area contributed by atoms with Crippen LogP contribution in [0.3, 0.4) is 0 Å². The molecule has 1 heterocycles. The van der Waals surface area contributed by atoms with Crippen LogP contribution in [-0.2, 0) is 6.54 Å². The Balaban J connectivity index is 2.53. The Hall–Kier alpha value is -1.68. The molecule has 4 heteroatoms. The Bertz CT molecular complexity index is 453. The van der Waals surface area contributed by atoms with Crippen LogP contribution < -0.4 is 5.73 Å². The van der Waals surface area contributed by atoms with Gasteiger partial charge >= 0.3 is 0 Å². The summed E-state index contributed by atoms with van der Waals surface area (Å²) >= 11 is 0. The van der Waals surface area contributed by atoms with Crippen LogP contribution in [0.15, 0.2) is 24.5 Å². The molecule has 0 unspecified atom stereocenters. The molecule has 15 heavy (non-hydrogen) atoms. The molecule has 4 nitrogen and oxygen atoms in total. The van der Waals surface area contributed by atoms with Gasteiger partial charge < -0.3 is 5.73 Å². The summed E-state index contributed by atoms with van der Waals surface area (Å²) < 4.78 is 1.78. The molecule has 1 aromatic heterocycles. The third kappa shape index (κ3) is 1.89. The number of aryl methyl sites for hydroxylation is 2. The molecule has 0 spiro atoms. The van der Waals surface area contributed by atoms with Crippen LogP contribution >= 0.6 is 0 Å². The SMILES string of the molecule is Cc1cc(C)cc(-n2ncnc2CN)c1. The molecule has 0 radical (unpaired) electrons. The maximum absolute atomic E-state index is 5.59. The zero-order valence-electron chi connectivity index (χ0n) is 8.94. The van der Waals surface area contributed by atoms with E-state index in [4.69, 9.17) is 5.73 Å². The lowest BCUT2D eigenvalue weighted by Gasteiger charge is -2.06. The van der Waals surface area contributed by atoms with E-state index in [1.165, 1.54) is 17.5 Å². The molecule has 0 atom stereocenters. The summed E-state index contributed by atoms with van der Waals surface area (Å²) in [6.07, 6.45) is 1.53. The van der Waals surface area contributed by atoms with Gasteiger partial charge in [-0.05, 0) is 37.1 Å². The van der Waals surface area contributed by atoms with E-state index >= 15 is 0 Å². The van der Waals surface area contributed by atoms with Gasteiger partial charge in [0.05, 0.1) is 12.2 Å². The minimum absolute atomic E-state index is 0.396. The second kappa shape index (κ2) is 3.82. The minimum Gasteiger partial charge on any atom is -0.324 e. The van der Waals surface area contributed by atoms with Crippen LogP contribution in [0.25, 0.3) is 5.69 Å². The molecule has 78 valence electrons. The number of hydrogen-bond acceptors (Lipinski definition) is 3. The second-order valence-electron chi connectivity index (χ2n) is 3.64. The highest BCUT2D eigenvalue weighted by Crippen LogP contribution is 2.13. The number of aromatic nitrogens is 3. The first-order valence-electron chi connectivity index (χ1n) is 4.88. The predicted molar refractivity (Wildman–Crippen MR) is 58.7 cm³/mol. The second-order valence-corrected chi connectivity index (χ2v) is 3.64. The lowest BCUT2D eigenvalue weighted by molar-refractivity contribution is 0.788. The Labute approximate surface area is 88.8 Å². The quantitative estimate of drug-likeness (QED) is 0.799. The van der Waals surface area contributed by atoms with Crippen molar-refractivity contribution in [2.24, 2.45) is 5.73 Å². The molecule has 2 rings (SSSR count). The fourth-order valence-electron chi connectivity index (χ4n) is 1.69. The Morgan fingerprint density at radius 2 is 1.87 bits per heavy atom. The van der Waals surface area contributed by atoms with Gasteiger partial charge in [0.25, 0.3) is 0 Å². The van der Waals surface area contributed by atoms with Crippen molar-refractivity contribution >= 4 is 0 Å². The van der Waals surface area contributed by atoms with Crippen LogP contribution in [0.1, 0.15) is 17.0 Å². The van der Waals surface area contributed by atoms with Gasteiger partial charge in [0.15, 0.2) is 0 Å². The van der Waals surface area contributed by atoms with Gasteiger partial charge in [0.2, 0.25) is 0 Å². The standard InChI is InChI=1S/C11H14N4/c1-8-3-9(2)5-10(4-8)15-11(6-12)13-7-14-15/h3-5,7H,6,12H2,1-2H3. The summed E-state index contributed by atoms with van der Waals surface area (Å²) in [6, 6.07) is 6.27. The number of benzene rings is 1. The average Bonchev–Trinajstić information content (AvgIpc) is 2.63. The van der Waals surface area contributed by atoms with E-state index in [1.54, 1.807) is 4.68 Å². The molecule has 2 aromatic rings. The Morgan fingerprint density at radius 3 is 2.47 bits per heavy atom. The number of hydrogen-bond donors (Lipinski definition) is 1. The van der Waals surface area contributed by atoms with Crippen molar-refractivity contribution in [3.05, 3.63) is 41.5 Å². The van der Waals surface area contributed by atoms with Gasteiger partial charge in [-0.15, -0.1) is 0 Å². The first kappa shape index (κ1) is 9.86. The van der Waals surface area contributed by atoms with Crippen LogP contribution in [0.2, 0.25) is 0 Å². The number of nitrogens with two attached hydrogens (primary N) is 1. The van der Waals surface area contributed by atoms with E-state index < -0.39 is 0 Å². The van der Waals surface area contributed by atoms with Gasteiger partial charge in [-0.1, -0.05) is 6.07 Å². The fourth-order valence-corrected chi connectivity index (χ4v) is 1.69. The van der Waals surface area contributed by atoms with Crippen molar-refractivity contribution < 1.29 is 0 Å². The third-order valence-electron chi connectivity index (χ3n) is 2.25. The zero-order chi connectivity index (χ0) is 10.8. The summed E-state index contributed by atoms with van der Waals surface area (Å²) in [7, 11) is 0. The average molecular weight is 202 g/mol. The Kier molecular flexibility index (Phi) is 2.51. The first-order valence-corrected chi connectivity index (χ1v) is 4.88.